The Balaban J connectivity index is 2.47. The van der Waals surface area contributed by atoms with Crippen molar-refractivity contribution in [3.63, 3.8) is 0 Å². The molecule has 0 radical (unpaired) electrons. The predicted octanol–water partition coefficient (Wildman–Crippen LogP) is 2.84. The van der Waals surface area contributed by atoms with Crippen molar-refractivity contribution in [3.8, 4) is 5.75 Å². The number of nitrogens with zero attached hydrogens (tertiary/aromatic N) is 3. The van der Waals surface area contributed by atoms with Crippen LogP contribution in [0.25, 0.3) is 0 Å². The number of carbonyl (C=O) groups is 2. The lowest BCUT2D eigenvalue weighted by Crippen LogP contribution is -2.51. The highest BCUT2D eigenvalue weighted by molar-refractivity contribution is 7.92. The van der Waals surface area contributed by atoms with Crippen molar-refractivity contribution < 1.29 is 32.1 Å². The number of unbranched alkanes of at least 4 members (excludes halogenated alkanes) is 1. The summed E-state index contributed by atoms with van der Waals surface area (Å²) < 4.78 is 44.7. The molecular weight excluding hydrogens is 507 g/mol. The quantitative estimate of drug-likeness (QED) is 0.235. The number of sulfonamides is 1. The van der Waals surface area contributed by atoms with Crippen LogP contribution in [-0.2, 0) is 26.2 Å². The second-order valence-electron chi connectivity index (χ2n) is 8.35. The van der Waals surface area contributed by atoms with E-state index in [4.69, 9.17) is 4.74 Å². The van der Waals surface area contributed by atoms with E-state index in [0.29, 0.717) is 16.4 Å². The van der Waals surface area contributed by atoms with Crippen LogP contribution in [0.2, 0.25) is 0 Å². The molecule has 0 saturated carbocycles. The van der Waals surface area contributed by atoms with Crippen molar-refractivity contribution in [2.75, 3.05) is 30.8 Å². The maximum Gasteiger partial charge on any atom is 0.271 e. The van der Waals surface area contributed by atoms with E-state index >= 15 is 0 Å². The molecule has 2 aromatic rings. The van der Waals surface area contributed by atoms with Gasteiger partial charge in [-0.1, -0.05) is 25.5 Å². The van der Waals surface area contributed by atoms with Gasteiger partial charge < -0.3 is 15.0 Å². The number of rotatable bonds is 13. The number of benzene rings is 2. The summed E-state index contributed by atoms with van der Waals surface area (Å²) in [5.74, 6) is -1.67. The first kappa shape index (κ1) is 29.5. The third kappa shape index (κ3) is 8.13. The molecule has 0 spiro atoms. The molecule has 1 unspecified atom stereocenters. The first-order valence-electron chi connectivity index (χ1n) is 11.5. The number of nitro benzene ring substituents is 1. The fourth-order valence-electron chi connectivity index (χ4n) is 3.49. The molecule has 0 aliphatic carbocycles. The molecule has 37 heavy (non-hydrogen) atoms. The highest BCUT2D eigenvalue weighted by Crippen LogP contribution is 2.33. The third-order valence-electron chi connectivity index (χ3n) is 5.58. The number of anilines is 1. The Labute approximate surface area is 215 Å². The van der Waals surface area contributed by atoms with Crippen molar-refractivity contribution in [2.45, 2.75) is 39.3 Å². The second-order valence-corrected chi connectivity index (χ2v) is 10.3. The molecule has 0 aliphatic heterocycles. The molecule has 0 saturated heterocycles. The van der Waals surface area contributed by atoms with Crippen molar-refractivity contribution in [3.05, 3.63) is 64.0 Å². The molecule has 2 aromatic carbocycles. The van der Waals surface area contributed by atoms with Crippen LogP contribution in [0.5, 0.6) is 5.75 Å². The van der Waals surface area contributed by atoms with Gasteiger partial charge in [0.1, 0.15) is 29.8 Å². The average molecular weight is 539 g/mol. The zero-order valence-electron chi connectivity index (χ0n) is 21.1. The monoisotopic (exact) mass is 538 g/mol. The lowest BCUT2D eigenvalue weighted by molar-refractivity contribution is -0.384. The van der Waals surface area contributed by atoms with Crippen LogP contribution in [0, 0.1) is 15.9 Å². The summed E-state index contributed by atoms with van der Waals surface area (Å²) in [5.41, 5.74) is -0.0835. The standard InChI is InChI=1S/C24H31FN4O7S/c1-5-6-13-26-24(31)17(2)27(15-18-7-9-19(25)10-8-18)23(30)16-28(37(4,34)35)21-14-20(29(32)33)11-12-22(21)36-3/h7-12,14,17H,5-6,13,15-16H2,1-4H3,(H,26,31). The Morgan fingerprint density at radius 2 is 1.84 bits per heavy atom. The molecule has 0 heterocycles. The Morgan fingerprint density at radius 1 is 1.19 bits per heavy atom. The SMILES string of the molecule is CCCCNC(=O)C(C)N(Cc1ccc(F)cc1)C(=O)CN(c1cc([N+](=O)[O-])ccc1OC)S(C)(=O)=O. The molecule has 2 amide bonds. The van der Waals surface area contributed by atoms with Gasteiger partial charge in [-0.15, -0.1) is 0 Å². The van der Waals surface area contributed by atoms with Crippen molar-refractivity contribution in [1.82, 2.24) is 10.2 Å². The highest BCUT2D eigenvalue weighted by atomic mass is 32.2. The molecule has 13 heteroatoms. The van der Waals surface area contributed by atoms with Crippen LogP contribution >= 0.6 is 0 Å². The molecule has 0 aromatic heterocycles. The van der Waals surface area contributed by atoms with E-state index in [-0.39, 0.29) is 18.0 Å². The van der Waals surface area contributed by atoms with Gasteiger partial charge in [0.25, 0.3) is 5.69 Å². The normalized spacial score (nSPS) is 11.9. The minimum atomic E-state index is -4.13. The fourth-order valence-corrected chi connectivity index (χ4v) is 4.33. The van der Waals surface area contributed by atoms with E-state index < -0.39 is 50.9 Å². The number of nitro groups is 1. The van der Waals surface area contributed by atoms with Crippen LogP contribution in [0.1, 0.15) is 32.3 Å². The van der Waals surface area contributed by atoms with E-state index in [1.807, 2.05) is 6.92 Å². The second kappa shape index (κ2) is 13.0. The number of amides is 2. The first-order valence-corrected chi connectivity index (χ1v) is 13.4. The zero-order valence-corrected chi connectivity index (χ0v) is 22.0. The maximum absolute atomic E-state index is 13.5. The van der Waals surface area contributed by atoms with Crippen LogP contribution in [-0.4, -0.2) is 62.6 Å². The molecule has 1 N–H and O–H groups in total. The summed E-state index contributed by atoms with van der Waals surface area (Å²) >= 11 is 0. The molecule has 1 atom stereocenters. The molecule has 202 valence electrons. The van der Waals surface area contributed by atoms with Crippen molar-refractivity contribution >= 4 is 33.2 Å². The van der Waals surface area contributed by atoms with Crippen LogP contribution in [0.4, 0.5) is 15.8 Å². The predicted molar refractivity (Wildman–Crippen MR) is 136 cm³/mol. The van der Waals surface area contributed by atoms with E-state index in [9.17, 15) is 32.5 Å². The largest absolute Gasteiger partial charge is 0.495 e. The topological polar surface area (TPSA) is 139 Å². The number of ether oxygens (including phenoxy) is 1. The minimum absolute atomic E-state index is 0.000679. The Morgan fingerprint density at radius 3 is 2.38 bits per heavy atom. The van der Waals surface area contributed by atoms with Crippen LogP contribution in [0.3, 0.4) is 0 Å². The van der Waals surface area contributed by atoms with Crippen molar-refractivity contribution in [2.24, 2.45) is 0 Å². The zero-order chi connectivity index (χ0) is 27.8. The van der Waals surface area contributed by atoms with Gasteiger partial charge in [0, 0.05) is 25.2 Å². The minimum Gasteiger partial charge on any atom is -0.495 e. The van der Waals surface area contributed by atoms with E-state index in [2.05, 4.69) is 5.32 Å². The summed E-state index contributed by atoms with van der Waals surface area (Å²) in [6.45, 7) is 3.00. The third-order valence-corrected chi connectivity index (χ3v) is 6.71. The lowest BCUT2D eigenvalue weighted by atomic mass is 10.1. The van der Waals surface area contributed by atoms with Crippen LogP contribution in [0.15, 0.2) is 42.5 Å². The van der Waals surface area contributed by atoms with Gasteiger partial charge in [-0.2, -0.15) is 0 Å². The van der Waals surface area contributed by atoms with E-state index in [1.165, 1.54) is 49.3 Å². The number of hydrogen-bond acceptors (Lipinski definition) is 7. The number of halogens is 1. The summed E-state index contributed by atoms with van der Waals surface area (Å²) in [4.78, 5) is 38.1. The first-order chi connectivity index (χ1) is 17.4. The molecular formula is C24H31FN4O7S. The number of methoxy groups -OCH3 is 1. The van der Waals surface area contributed by atoms with Gasteiger partial charge in [-0.05, 0) is 37.1 Å². The molecule has 2 rings (SSSR count). The molecule has 11 nitrogen and oxygen atoms in total. The summed E-state index contributed by atoms with van der Waals surface area (Å²) in [5, 5.41) is 14.1. The van der Waals surface area contributed by atoms with Gasteiger partial charge in [0.15, 0.2) is 0 Å². The Bertz CT molecular complexity index is 1220. The lowest BCUT2D eigenvalue weighted by Gasteiger charge is -2.31. The highest BCUT2D eigenvalue weighted by Gasteiger charge is 2.32. The Kier molecular flexibility index (Phi) is 10.4. The van der Waals surface area contributed by atoms with Gasteiger partial charge in [0.05, 0.1) is 18.3 Å². The van der Waals surface area contributed by atoms with Gasteiger partial charge in [0.2, 0.25) is 21.8 Å². The number of carbonyl (C=O) groups excluding carboxylic acids is 2. The summed E-state index contributed by atoms with van der Waals surface area (Å²) in [6.07, 6.45) is 2.43. The number of hydrogen-bond donors (Lipinski definition) is 1. The van der Waals surface area contributed by atoms with Crippen LogP contribution < -0.4 is 14.4 Å². The van der Waals surface area contributed by atoms with Gasteiger partial charge >= 0.3 is 0 Å². The fraction of sp³-hybridized carbons (Fsp3) is 0.417. The molecule has 0 aliphatic rings. The van der Waals surface area contributed by atoms with E-state index in [0.717, 1.165) is 31.2 Å². The van der Waals surface area contributed by atoms with Gasteiger partial charge in [-0.25, -0.2) is 12.8 Å². The number of non-ortho nitro benzene ring substituents is 1. The average Bonchev–Trinajstić information content (AvgIpc) is 2.85. The summed E-state index contributed by atoms with van der Waals surface area (Å²) in [7, 11) is -2.87. The molecule has 0 bridgehead atoms. The number of nitrogens with one attached hydrogen (secondary N) is 1. The van der Waals surface area contributed by atoms with E-state index in [1.54, 1.807) is 0 Å². The Hall–Kier alpha value is -3.74. The summed E-state index contributed by atoms with van der Waals surface area (Å²) in [6, 6.07) is 7.71. The van der Waals surface area contributed by atoms with Crippen molar-refractivity contribution in [1.29, 1.82) is 0 Å². The van der Waals surface area contributed by atoms with Gasteiger partial charge in [-0.3, -0.25) is 24.0 Å². The molecule has 0 fully saturated rings. The smallest absolute Gasteiger partial charge is 0.271 e. The maximum atomic E-state index is 13.5.